The Bertz CT molecular complexity index is 466. The van der Waals surface area contributed by atoms with Crippen molar-refractivity contribution < 1.29 is 9.13 Å². The lowest BCUT2D eigenvalue weighted by Gasteiger charge is -2.25. The standard InChI is InChI=1S/C17H27FN2O/c1-12-10-13(2)20(11-12)9-8-15(19-3)17-14(18)6-5-7-16(17)21-4/h5-7,12-13,15,19H,8-11H2,1-4H3. The van der Waals surface area contributed by atoms with Gasteiger partial charge < -0.3 is 15.0 Å². The Kier molecular flexibility index (Phi) is 5.59. The van der Waals surface area contributed by atoms with Gasteiger partial charge in [-0.2, -0.15) is 0 Å². The minimum absolute atomic E-state index is 0.0238. The lowest BCUT2D eigenvalue weighted by atomic mass is 10.0. The minimum Gasteiger partial charge on any atom is -0.496 e. The molecule has 1 aliphatic rings. The third-order valence-electron chi connectivity index (χ3n) is 4.55. The Morgan fingerprint density at radius 2 is 2.19 bits per heavy atom. The Balaban J connectivity index is 2.07. The maximum atomic E-state index is 14.2. The topological polar surface area (TPSA) is 24.5 Å². The predicted molar refractivity (Wildman–Crippen MR) is 84.2 cm³/mol. The zero-order valence-corrected chi connectivity index (χ0v) is 13.5. The second-order valence-corrected chi connectivity index (χ2v) is 6.17. The summed E-state index contributed by atoms with van der Waals surface area (Å²) >= 11 is 0. The van der Waals surface area contributed by atoms with Crippen LogP contribution in [0.3, 0.4) is 0 Å². The van der Waals surface area contributed by atoms with Crippen LogP contribution in [0.1, 0.15) is 38.3 Å². The summed E-state index contributed by atoms with van der Waals surface area (Å²) in [4.78, 5) is 2.50. The Labute approximate surface area is 127 Å². The van der Waals surface area contributed by atoms with Crippen LogP contribution in [0.25, 0.3) is 0 Å². The number of halogens is 1. The molecule has 1 heterocycles. The van der Waals surface area contributed by atoms with E-state index in [1.54, 1.807) is 13.2 Å². The SMILES string of the molecule is CNC(CCN1CC(C)CC1C)c1c(F)cccc1OC. The van der Waals surface area contributed by atoms with Gasteiger partial charge in [-0.15, -0.1) is 0 Å². The fourth-order valence-corrected chi connectivity index (χ4v) is 3.46. The van der Waals surface area contributed by atoms with Crippen molar-refractivity contribution in [1.29, 1.82) is 0 Å². The van der Waals surface area contributed by atoms with E-state index in [0.29, 0.717) is 17.4 Å². The number of methoxy groups -OCH3 is 1. The van der Waals surface area contributed by atoms with Crippen LogP contribution in [0, 0.1) is 11.7 Å². The molecule has 1 aromatic rings. The first-order valence-corrected chi connectivity index (χ1v) is 7.80. The summed E-state index contributed by atoms with van der Waals surface area (Å²) in [6.45, 7) is 6.70. The van der Waals surface area contributed by atoms with Crippen LogP contribution in [0.15, 0.2) is 18.2 Å². The molecular formula is C17H27FN2O. The Hall–Kier alpha value is -1.13. The molecule has 0 radical (unpaired) electrons. The fraction of sp³-hybridized carbons (Fsp3) is 0.647. The van der Waals surface area contributed by atoms with Crippen LogP contribution in [-0.4, -0.2) is 38.2 Å². The number of ether oxygens (including phenoxy) is 1. The largest absolute Gasteiger partial charge is 0.496 e. The van der Waals surface area contributed by atoms with Gasteiger partial charge in [-0.25, -0.2) is 4.39 Å². The minimum atomic E-state index is -0.198. The average Bonchev–Trinajstić information content (AvgIpc) is 2.78. The molecule has 1 fully saturated rings. The molecular weight excluding hydrogens is 267 g/mol. The molecule has 2 rings (SSSR count). The van der Waals surface area contributed by atoms with Gasteiger partial charge >= 0.3 is 0 Å². The van der Waals surface area contributed by atoms with E-state index >= 15 is 0 Å². The normalized spacial score (nSPS) is 24.2. The summed E-state index contributed by atoms with van der Waals surface area (Å²) in [7, 11) is 3.47. The van der Waals surface area contributed by atoms with Crippen molar-refractivity contribution in [1.82, 2.24) is 10.2 Å². The summed E-state index contributed by atoms with van der Waals surface area (Å²) in [5.41, 5.74) is 0.641. The maximum absolute atomic E-state index is 14.2. The first kappa shape index (κ1) is 16.2. The number of benzene rings is 1. The van der Waals surface area contributed by atoms with E-state index in [-0.39, 0.29) is 11.9 Å². The predicted octanol–water partition coefficient (Wildman–Crippen LogP) is 3.22. The van der Waals surface area contributed by atoms with Crippen molar-refractivity contribution in [3.05, 3.63) is 29.6 Å². The zero-order chi connectivity index (χ0) is 15.4. The number of rotatable bonds is 6. The molecule has 0 amide bonds. The quantitative estimate of drug-likeness (QED) is 0.872. The molecule has 0 aliphatic carbocycles. The van der Waals surface area contributed by atoms with Gasteiger partial charge in [-0.1, -0.05) is 13.0 Å². The molecule has 0 aromatic heterocycles. The van der Waals surface area contributed by atoms with E-state index in [4.69, 9.17) is 4.74 Å². The summed E-state index contributed by atoms with van der Waals surface area (Å²) in [6.07, 6.45) is 2.14. The molecule has 3 atom stereocenters. The van der Waals surface area contributed by atoms with Crippen molar-refractivity contribution in [3.63, 3.8) is 0 Å². The maximum Gasteiger partial charge on any atom is 0.131 e. The molecule has 4 heteroatoms. The highest BCUT2D eigenvalue weighted by Crippen LogP contribution is 2.31. The van der Waals surface area contributed by atoms with E-state index in [1.165, 1.54) is 12.5 Å². The van der Waals surface area contributed by atoms with Gasteiger partial charge in [0, 0.05) is 30.7 Å². The van der Waals surface area contributed by atoms with Gasteiger partial charge in [-0.05, 0) is 44.9 Å². The van der Waals surface area contributed by atoms with Crippen molar-refractivity contribution in [2.45, 2.75) is 38.8 Å². The van der Waals surface area contributed by atoms with Crippen molar-refractivity contribution in [2.75, 3.05) is 27.2 Å². The first-order valence-electron chi connectivity index (χ1n) is 7.80. The van der Waals surface area contributed by atoms with Crippen molar-refractivity contribution in [3.8, 4) is 5.75 Å². The molecule has 1 aliphatic heterocycles. The molecule has 0 spiro atoms. The molecule has 0 saturated carbocycles. The van der Waals surface area contributed by atoms with Crippen molar-refractivity contribution >= 4 is 0 Å². The fourth-order valence-electron chi connectivity index (χ4n) is 3.46. The number of hydrogen-bond acceptors (Lipinski definition) is 3. The molecule has 0 bridgehead atoms. The second kappa shape index (κ2) is 7.23. The van der Waals surface area contributed by atoms with Gasteiger partial charge in [0.15, 0.2) is 0 Å². The number of nitrogens with one attached hydrogen (secondary N) is 1. The van der Waals surface area contributed by atoms with E-state index < -0.39 is 0 Å². The highest BCUT2D eigenvalue weighted by atomic mass is 19.1. The van der Waals surface area contributed by atoms with Crippen LogP contribution in [0.5, 0.6) is 5.75 Å². The van der Waals surface area contributed by atoms with E-state index in [0.717, 1.165) is 25.4 Å². The van der Waals surface area contributed by atoms with E-state index in [2.05, 4.69) is 24.1 Å². The van der Waals surface area contributed by atoms with Crippen LogP contribution in [0.4, 0.5) is 4.39 Å². The lowest BCUT2D eigenvalue weighted by Crippen LogP contribution is -2.31. The van der Waals surface area contributed by atoms with Crippen LogP contribution in [-0.2, 0) is 0 Å². The van der Waals surface area contributed by atoms with Crippen LogP contribution < -0.4 is 10.1 Å². The molecule has 118 valence electrons. The summed E-state index contributed by atoms with van der Waals surface area (Å²) in [6, 6.07) is 5.62. The smallest absolute Gasteiger partial charge is 0.131 e. The van der Waals surface area contributed by atoms with Crippen molar-refractivity contribution in [2.24, 2.45) is 5.92 Å². The monoisotopic (exact) mass is 294 g/mol. The molecule has 21 heavy (non-hydrogen) atoms. The number of nitrogens with zero attached hydrogens (tertiary/aromatic N) is 1. The van der Waals surface area contributed by atoms with Gasteiger partial charge in [-0.3, -0.25) is 0 Å². The molecule has 1 N–H and O–H groups in total. The lowest BCUT2D eigenvalue weighted by molar-refractivity contribution is 0.248. The van der Waals surface area contributed by atoms with Gasteiger partial charge in [0.1, 0.15) is 11.6 Å². The van der Waals surface area contributed by atoms with Crippen LogP contribution in [0.2, 0.25) is 0 Å². The highest BCUT2D eigenvalue weighted by molar-refractivity contribution is 5.37. The molecule has 1 aromatic carbocycles. The average molecular weight is 294 g/mol. The third kappa shape index (κ3) is 3.74. The second-order valence-electron chi connectivity index (χ2n) is 6.17. The molecule has 3 nitrogen and oxygen atoms in total. The van der Waals surface area contributed by atoms with E-state index in [1.807, 2.05) is 13.1 Å². The number of hydrogen-bond donors (Lipinski definition) is 1. The van der Waals surface area contributed by atoms with Gasteiger partial charge in [0.05, 0.1) is 7.11 Å². The van der Waals surface area contributed by atoms with Gasteiger partial charge in [0.25, 0.3) is 0 Å². The molecule has 3 unspecified atom stereocenters. The summed E-state index contributed by atoms with van der Waals surface area (Å²) in [5, 5.41) is 3.24. The van der Waals surface area contributed by atoms with E-state index in [9.17, 15) is 4.39 Å². The van der Waals surface area contributed by atoms with Crippen LogP contribution >= 0.6 is 0 Å². The summed E-state index contributed by atoms with van der Waals surface area (Å²) < 4.78 is 19.5. The molecule has 1 saturated heterocycles. The summed E-state index contributed by atoms with van der Waals surface area (Å²) in [5.74, 6) is 1.18. The highest BCUT2D eigenvalue weighted by Gasteiger charge is 2.27. The Morgan fingerprint density at radius 1 is 1.43 bits per heavy atom. The number of likely N-dealkylation sites (tertiary alicyclic amines) is 1. The third-order valence-corrected chi connectivity index (χ3v) is 4.55. The first-order chi connectivity index (χ1) is 10.1. The van der Waals surface area contributed by atoms with Gasteiger partial charge in [0.2, 0.25) is 0 Å². The zero-order valence-electron chi connectivity index (χ0n) is 13.5. The Morgan fingerprint density at radius 3 is 2.76 bits per heavy atom.